The molecule has 3 nitrogen and oxygen atoms in total. The van der Waals surface area contributed by atoms with Crippen molar-refractivity contribution >= 4 is 33.8 Å². The molecule has 1 aromatic heterocycles. The smallest absolute Gasteiger partial charge is 0.213 e. The zero-order valence-corrected chi connectivity index (χ0v) is 15.4. The summed E-state index contributed by atoms with van der Waals surface area (Å²) in [5, 5.41) is 3.60. The highest BCUT2D eigenvalue weighted by atomic mass is 16.5. The molecule has 134 valence electrons. The van der Waals surface area contributed by atoms with Crippen molar-refractivity contribution in [1.82, 2.24) is 0 Å². The maximum absolute atomic E-state index is 5.76. The van der Waals surface area contributed by atoms with Crippen molar-refractivity contribution in [3.63, 3.8) is 0 Å². The Kier molecular flexibility index (Phi) is 4.86. The van der Waals surface area contributed by atoms with Gasteiger partial charge in [0.05, 0.1) is 19.0 Å². The Morgan fingerprint density at radius 1 is 0.889 bits per heavy atom. The zero-order valence-electron chi connectivity index (χ0n) is 15.4. The quantitative estimate of drug-likeness (QED) is 0.538. The molecule has 1 heterocycles. The van der Waals surface area contributed by atoms with Crippen LogP contribution in [0.25, 0.3) is 33.8 Å². The van der Waals surface area contributed by atoms with E-state index in [1.54, 1.807) is 7.11 Å². The third kappa shape index (κ3) is 3.29. The van der Waals surface area contributed by atoms with Crippen molar-refractivity contribution in [2.24, 2.45) is 5.73 Å². The van der Waals surface area contributed by atoms with Crippen molar-refractivity contribution < 1.29 is 9.30 Å². The second-order valence-corrected chi connectivity index (χ2v) is 6.51. The van der Waals surface area contributed by atoms with Crippen molar-refractivity contribution in [1.29, 1.82) is 0 Å². The Morgan fingerprint density at radius 2 is 1.67 bits per heavy atom. The first kappa shape index (κ1) is 17.3. The summed E-state index contributed by atoms with van der Waals surface area (Å²) in [6, 6.07) is 23.1. The fourth-order valence-electron chi connectivity index (χ4n) is 3.59. The number of nitrogens with two attached hydrogens (primary N) is 1. The minimum Gasteiger partial charge on any atom is -0.496 e. The van der Waals surface area contributed by atoms with Gasteiger partial charge in [-0.15, -0.1) is 0 Å². The van der Waals surface area contributed by atoms with E-state index >= 15 is 0 Å². The van der Waals surface area contributed by atoms with Gasteiger partial charge >= 0.3 is 0 Å². The molecular weight excluding hydrogens is 332 g/mol. The summed E-state index contributed by atoms with van der Waals surface area (Å²) >= 11 is 0. The normalized spacial score (nSPS) is 11.5. The Labute approximate surface area is 159 Å². The SMILES string of the molecule is COc1ccc2ccccc2c1/C=C/c1cc[n+](CCN)c2ccccc12. The lowest BCUT2D eigenvalue weighted by Crippen LogP contribution is -2.37. The van der Waals surface area contributed by atoms with Gasteiger partial charge in [0, 0.05) is 17.7 Å². The van der Waals surface area contributed by atoms with E-state index in [4.69, 9.17) is 10.5 Å². The van der Waals surface area contributed by atoms with Gasteiger partial charge in [-0.25, -0.2) is 0 Å². The number of aromatic nitrogens is 1. The van der Waals surface area contributed by atoms with Crippen LogP contribution in [0.1, 0.15) is 11.1 Å². The molecule has 27 heavy (non-hydrogen) atoms. The number of fused-ring (bicyclic) bond motifs is 2. The molecule has 3 heteroatoms. The largest absolute Gasteiger partial charge is 0.496 e. The number of hydrogen-bond acceptors (Lipinski definition) is 2. The molecular formula is C24H23N2O+. The molecule has 0 bridgehead atoms. The fourth-order valence-corrected chi connectivity index (χ4v) is 3.59. The Balaban J connectivity index is 1.85. The van der Waals surface area contributed by atoms with Crippen molar-refractivity contribution in [2.75, 3.05) is 13.7 Å². The third-order valence-electron chi connectivity index (χ3n) is 4.91. The van der Waals surface area contributed by atoms with E-state index < -0.39 is 0 Å². The Bertz CT molecular complexity index is 1130. The zero-order chi connectivity index (χ0) is 18.6. The minimum atomic E-state index is 0.622. The Hall–Kier alpha value is -3.17. The van der Waals surface area contributed by atoms with Gasteiger partial charge in [-0.1, -0.05) is 54.6 Å². The lowest BCUT2D eigenvalue weighted by atomic mass is 10.0. The lowest BCUT2D eigenvalue weighted by Gasteiger charge is -2.09. The van der Waals surface area contributed by atoms with Gasteiger partial charge in [0.2, 0.25) is 5.52 Å². The number of pyridine rings is 1. The molecule has 0 aliphatic carbocycles. The minimum absolute atomic E-state index is 0.622. The summed E-state index contributed by atoms with van der Waals surface area (Å²) in [6.07, 6.45) is 6.42. The van der Waals surface area contributed by atoms with Gasteiger partial charge in [-0.3, -0.25) is 0 Å². The molecule has 0 aliphatic heterocycles. The summed E-state index contributed by atoms with van der Waals surface area (Å²) in [6.45, 7) is 1.43. The van der Waals surface area contributed by atoms with Gasteiger partial charge in [0.1, 0.15) is 5.75 Å². The number of para-hydroxylation sites is 1. The molecule has 4 rings (SSSR count). The topological polar surface area (TPSA) is 39.1 Å². The highest BCUT2D eigenvalue weighted by Crippen LogP contribution is 2.30. The first-order valence-corrected chi connectivity index (χ1v) is 9.17. The van der Waals surface area contributed by atoms with E-state index in [1.165, 1.54) is 27.2 Å². The van der Waals surface area contributed by atoms with Crippen molar-refractivity contribution in [3.05, 3.63) is 84.1 Å². The highest BCUT2D eigenvalue weighted by molar-refractivity contribution is 5.97. The average molecular weight is 355 g/mol. The summed E-state index contributed by atoms with van der Waals surface area (Å²) in [7, 11) is 1.72. The molecule has 0 atom stereocenters. The van der Waals surface area contributed by atoms with Gasteiger partial charge in [0.25, 0.3) is 0 Å². The van der Waals surface area contributed by atoms with E-state index in [-0.39, 0.29) is 0 Å². The molecule has 3 aromatic carbocycles. The number of hydrogen-bond donors (Lipinski definition) is 1. The monoisotopic (exact) mass is 355 g/mol. The first-order valence-electron chi connectivity index (χ1n) is 9.17. The predicted molar refractivity (Wildman–Crippen MR) is 113 cm³/mol. The van der Waals surface area contributed by atoms with Crippen LogP contribution in [0.15, 0.2) is 72.9 Å². The van der Waals surface area contributed by atoms with Crippen LogP contribution in [0.4, 0.5) is 0 Å². The van der Waals surface area contributed by atoms with Crippen LogP contribution in [0.2, 0.25) is 0 Å². The maximum Gasteiger partial charge on any atom is 0.213 e. The molecule has 0 saturated carbocycles. The molecule has 0 amide bonds. The molecule has 0 spiro atoms. The second-order valence-electron chi connectivity index (χ2n) is 6.51. The van der Waals surface area contributed by atoms with Crippen LogP contribution in [-0.4, -0.2) is 13.7 Å². The molecule has 0 fully saturated rings. The third-order valence-corrected chi connectivity index (χ3v) is 4.91. The molecule has 4 aromatic rings. The number of methoxy groups -OCH3 is 1. The van der Waals surface area contributed by atoms with Crippen LogP contribution >= 0.6 is 0 Å². The molecule has 0 unspecified atom stereocenters. The molecule has 2 N–H and O–H groups in total. The van der Waals surface area contributed by atoms with Crippen molar-refractivity contribution in [3.8, 4) is 5.75 Å². The molecule has 0 aliphatic rings. The Morgan fingerprint density at radius 3 is 2.48 bits per heavy atom. The summed E-state index contributed by atoms with van der Waals surface area (Å²) < 4.78 is 7.81. The summed E-state index contributed by atoms with van der Waals surface area (Å²) in [5.41, 5.74) is 9.22. The first-order chi connectivity index (χ1) is 13.3. The van der Waals surface area contributed by atoms with Gasteiger partial charge < -0.3 is 10.5 Å². The van der Waals surface area contributed by atoms with Gasteiger partial charge in [0.15, 0.2) is 12.7 Å². The number of ether oxygens (including phenoxy) is 1. The predicted octanol–water partition coefficient (Wildman–Crippen LogP) is 4.42. The van der Waals surface area contributed by atoms with Gasteiger partial charge in [-0.05, 0) is 28.5 Å². The second kappa shape index (κ2) is 7.60. The molecule has 0 saturated heterocycles. The van der Waals surface area contributed by atoms with E-state index in [9.17, 15) is 0 Å². The molecule has 0 radical (unpaired) electrons. The lowest BCUT2D eigenvalue weighted by molar-refractivity contribution is -0.668. The standard InChI is InChI=1S/C24H23N2O/c1-27-24-13-11-18-6-2-3-7-20(18)22(24)12-10-19-14-16-26(17-15-25)23-9-5-4-8-21(19)23/h2-14,16H,15,17,25H2,1H3/q+1/b12-10+. The highest BCUT2D eigenvalue weighted by Gasteiger charge is 2.11. The number of nitrogens with zero attached hydrogens (tertiary/aromatic N) is 1. The number of benzene rings is 3. The number of rotatable bonds is 5. The van der Waals surface area contributed by atoms with Crippen LogP contribution in [0.3, 0.4) is 0 Å². The van der Waals surface area contributed by atoms with Crippen LogP contribution in [0, 0.1) is 0 Å². The average Bonchev–Trinajstić information content (AvgIpc) is 2.73. The van der Waals surface area contributed by atoms with E-state index in [0.717, 1.165) is 17.9 Å². The maximum atomic E-state index is 5.76. The summed E-state index contributed by atoms with van der Waals surface area (Å²) in [4.78, 5) is 0. The fraction of sp³-hybridized carbons (Fsp3) is 0.125. The van der Waals surface area contributed by atoms with Crippen LogP contribution < -0.4 is 15.0 Å². The van der Waals surface area contributed by atoms with E-state index in [1.807, 2.05) is 6.07 Å². The van der Waals surface area contributed by atoms with Gasteiger partial charge in [-0.2, -0.15) is 4.57 Å². The van der Waals surface area contributed by atoms with E-state index in [0.29, 0.717) is 6.54 Å². The van der Waals surface area contributed by atoms with Crippen molar-refractivity contribution in [2.45, 2.75) is 6.54 Å². The van der Waals surface area contributed by atoms with E-state index in [2.05, 4.69) is 83.6 Å². The van der Waals surface area contributed by atoms with Crippen LogP contribution in [-0.2, 0) is 6.54 Å². The summed E-state index contributed by atoms with van der Waals surface area (Å²) in [5.74, 6) is 0.878. The van der Waals surface area contributed by atoms with Crippen LogP contribution in [0.5, 0.6) is 5.75 Å².